The molecule has 1 saturated heterocycles. The Kier molecular flexibility index (Phi) is 3.89. The number of fused-ring (bicyclic) bond motifs is 1. The number of ether oxygens (including phenoxy) is 1. The van der Waals surface area contributed by atoms with Crippen molar-refractivity contribution in [3.8, 4) is 6.07 Å². The molecule has 1 amide bonds. The average Bonchev–Trinajstić information content (AvgIpc) is 3.28. The van der Waals surface area contributed by atoms with Gasteiger partial charge in [-0.3, -0.25) is 9.59 Å². The van der Waals surface area contributed by atoms with Crippen molar-refractivity contribution in [1.82, 2.24) is 4.90 Å². The molecule has 0 aromatic heterocycles. The van der Waals surface area contributed by atoms with Crippen molar-refractivity contribution in [2.24, 2.45) is 34.6 Å². The predicted octanol–water partition coefficient (Wildman–Crippen LogP) is 1.06. The zero-order chi connectivity index (χ0) is 19.8. The van der Waals surface area contributed by atoms with Gasteiger partial charge in [-0.25, -0.2) is 0 Å². The Labute approximate surface area is 165 Å². The molecule has 9 atom stereocenters. The van der Waals surface area contributed by atoms with Crippen LogP contribution in [0.15, 0.2) is 0 Å². The Hall–Kier alpha value is -1.65. The van der Waals surface area contributed by atoms with Crippen LogP contribution in [-0.2, 0) is 14.3 Å². The second-order valence-corrected chi connectivity index (χ2v) is 10.4. The number of carbonyl (C=O) groups is 2. The zero-order valence-electron chi connectivity index (χ0n) is 16.5. The summed E-state index contributed by atoms with van der Waals surface area (Å²) in [5.41, 5.74) is 11.6. The van der Waals surface area contributed by atoms with Gasteiger partial charge in [0.15, 0.2) is 0 Å². The van der Waals surface area contributed by atoms with Crippen LogP contribution in [0, 0.1) is 34.5 Å². The number of amides is 1. The average molecular weight is 386 g/mol. The van der Waals surface area contributed by atoms with Gasteiger partial charge >= 0.3 is 5.97 Å². The lowest BCUT2D eigenvalue weighted by molar-refractivity contribution is -0.206. The molecule has 0 aromatic carbocycles. The van der Waals surface area contributed by atoms with Crippen LogP contribution in [-0.4, -0.2) is 46.5 Å². The summed E-state index contributed by atoms with van der Waals surface area (Å²) in [7, 11) is 0. The van der Waals surface area contributed by atoms with Gasteiger partial charge in [0.25, 0.3) is 0 Å². The maximum Gasteiger partial charge on any atom is 0.323 e. The Morgan fingerprint density at radius 2 is 1.82 bits per heavy atom. The molecule has 0 spiro atoms. The minimum atomic E-state index is -0.646. The lowest BCUT2D eigenvalue weighted by atomic mass is 9.46. The molecule has 4 bridgehead atoms. The van der Waals surface area contributed by atoms with Crippen LogP contribution >= 0.6 is 0 Å². The third-order valence-electron chi connectivity index (χ3n) is 8.18. The van der Waals surface area contributed by atoms with E-state index in [9.17, 15) is 14.9 Å². The molecule has 4 N–H and O–H groups in total. The van der Waals surface area contributed by atoms with Crippen molar-refractivity contribution in [2.45, 2.75) is 88.1 Å². The summed E-state index contributed by atoms with van der Waals surface area (Å²) in [6.07, 6.45) is 7.14. The Bertz CT molecular complexity index is 745. The van der Waals surface area contributed by atoms with E-state index in [-0.39, 0.29) is 29.4 Å². The van der Waals surface area contributed by atoms with Gasteiger partial charge in [0.2, 0.25) is 5.91 Å². The maximum absolute atomic E-state index is 13.4. The normalized spacial score (nSPS) is 47.2. The molecule has 6 fully saturated rings. The smallest absolute Gasteiger partial charge is 0.323 e. The first-order valence-electron chi connectivity index (χ1n) is 10.7. The number of esters is 1. The minimum Gasteiger partial charge on any atom is -0.458 e. The second kappa shape index (κ2) is 5.93. The maximum atomic E-state index is 13.4. The first-order valence-corrected chi connectivity index (χ1v) is 10.7. The number of piperidine rings is 1. The van der Waals surface area contributed by atoms with Crippen LogP contribution in [0.5, 0.6) is 0 Å². The Balaban J connectivity index is 1.40. The van der Waals surface area contributed by atoms with E-state index in [1.807, 2.05) is 0 Å². The van der Waals surface area contributed by atoms with Crippen LogP contribution in [0.1, 0.15) is 58.3 Å². The van der Waals surface area contributed by atoms with Crippen LogP contribution in [0.4, 0.5) is 0 Å². The third-order valence-corrected chi connectivity index (χ3v) is 8.18. The van der Waals surface area contributed by atoms with Crippen molar-refractivity contribution in [3.63, 3.8) is 0 Å². The Morgan fingerprint density at radius 1 is 1.14 bits per heavy atom. The third kappa shape index (κ3) is 2.61. The number of rotatable bonds is 4. The monoisotopic (exact) mass is 386 g/mol. The molecule has 5 saturated carbocycles. The highest BCUT2D eigenvalue weighted by atomic mass is 16.6. The lowest BCUT2D eigenvalue weighted by Gasteiger charge is -2.62. The van der Waals surface area contributed by atoms with Gasteiger partial charge in [0.05, 0.1) is 12.1 Å². The fourth-order valence-corrected chi connectivity index (χ4v) is 7.35. The molecular formula is C21H30N4O3. The fraction of sp³-hybridized carbons (Fsp3) is 0.857. The van der Waals surface area contributed by atoms with E-state index >= 15 is 0 Å². The highest BCUT2D eigenvalue weighted by molar-refractivity contribution is 5.84. The molecular weight excluding hydrogens is 356 g/mol. The summed E-state index contributed by atoms with van der Waals surface area (Å²) in [5.74, 6) is 0.949. The molecule has 1 heterocycles. The summed E-state index contributed by atoms with van der Waals surface area (Å²) >= 11 is 0. The van der Waals surface area contributed by atoms with Crippen LogP contribution in [0.3, 0.4) is 0 Å². The molecule has 6 aliphatic rings. The van der Waals surface area contributed by atoms with E-state index in [1.54, 1.807) is 11.8 Å². The van der Waals surface area contributed by atoms with Gasteiger partial charge in [-0.05, 0) is 81.5 Å². The molecule has 152 valence electrons. The van der Waals surface area contributed by atoms with Gasteiger partial charge in [0.1, 0.15) is 17.7 Å². The standard InChI is InChI=1S/C21H30N4O3/c1-11(23)19(27)28-21-7-12-2-13(8-21)6-20(5-12,10-21)17(24)18(26)25-15(9-22)3-14-4-16(14)25/h11-17H,2-8,10,23-24H2,1H3/t11?,12-,13?,14?,15-,16?,17+,20?,21?/m0/s1. The topological polar surface area (TPSA) is 122 Å². The number of nitrogens with zero attached hydrogens (tertiary/aromatic N) is 2. The van der Waals surface area contributed by atoms with E-state index < -0.39 is 17.7 Å². The van der Waals surface area contributed by atoms with Crippen LogP contribution in [0.2, 0.25) is 0 Å². The van der Waals surface area contributed by atoms with Crippen molar-refractivity contribution in [3.05, 3.63) is 0 Å². The first kappa shape index (κ1) is 18.4. The van der Waals surface area contributed by atoms with Gasteiger partial charge in [0, 0.05) is 6.04 Å². The molecule has 1 aliphatic heterocycles. The molecule has 7 nitrogen and oxygen atoms in total. The quantitative estimate of drug-likeness (QED) is 0.697. The molecule has 5 aliphatic carbocycles. The summed E-state index contributed by atoms with van der Waals surface area (Å²) in [6.45, 7) is 1.65. The van der Waals surface area contributed by atoms with Crippen LogP contribution < -0.4 is 11.5 Å². The van der Waals surface area contributed by atoms with E-state index in [4.69, 9.17) is 16.2 Å². The van der Waals surface area contributed by atoms with Gasteiger partial charge in [-0.1, -0.05) is 0 Å². The highest BCUT2D eigenvalue weighted by Gasteiger charge is 2.64. The number of nitriles is 1. The van der Waals surface area contributed by atoms with Gasteiger partial charge in [-0.2, -0.15) is 5.26 Å². The van der Waals surface area contributed by atoms with Gasteiger partial charge in [-0.15, -0.1) is 0 Å². The van der Waals surface area contributed by atoms with Crippen LogP contribution in [0.25, 0.3) is 0 Å². The van der Waals surface area contributed by atoms with Crippen molar-refractivity contribution in [2.75, 3.05) is 0 Å². The van der Waals surface area contributed by atoms with E-state index in [0.717, 1.165) is 44.9 Å². The molecule has 28 heavy (non-hydrogen) atoms. The van der Waals surface area contributed by atoms with Gasteiger partial charge < -0.3 is 21.1 Å². The summed E-state index contributed by atoms with van der Waals surface area (Å²) < 4.78 is 5.97. The minimum absolute atomic E-state index is 0.0628. The summed E-state index contributed by atoms with van der Waals surface area (Å²) in [6, 6.07) is 0.905. The zero-order valence-corrected chi connectivity index (χ0v) is 16.5. The second-order valence-electron chi connectivity index (χ2n) is 10.4. The molecule has 6 unspecified atom stereocenters. The van der Waals surface area contributed by atoms with E-state index in [0.29, 0.717) is 24.2 Å². The number of carbonyl (C=O) groups excluding carboxylic acids is 2. The number of likely N-dealkylation sites (tertiary alicyclic amines) is 1. The van der Waals surface area contributed by atoms with Crippen molar-refractivity contribution < 1.29 is 14.3 Å². The largest absolute Gasteiger partial charge is 0.458 e. The molecule has 0 aromatic rings. The lowest BCUT2D eigenvalue weighted by Crippen LogP contribution is -2.66. The SMILES string of the molecule is CC(N)C(=O)OC12CC3C[C@H](C1)CC([C@H](N)C(=O)N1C4CC4C[C@H]1C#N)(C3)C2. The number of hydrogen-bond donors (Lipinski definition) is 2. The number of hydrogen-bond acceptors (Lipinski definition) is 6. The predicted molar refractivity (Wildman–Crippen MR) is 100 cm³/mol. The molecule has 6 rings (SSSR count). The van der Waals surface area contributed by atoms with Crippen molar-refractivity contribution in [1.29, 1.82) is 5.26 Å². The first-order chi connectivity index (χ1) is 13.3. The molecule has 0 radical (unpaired) electrons. The Morgan fingerprint density at radius 3 is 2.43 bits per heavy atom. The van der Waals surface area contributed by atoms with Crippen molar-refractivity contribution >= 4 is 11.9 Å². The van der Waals surface area contributed by atoms with E-state index in [2.05, 4.69) is 6.07 Å². The highest BCUT2D eigenvalue weighted by Crippen LogP contribution is 2.64. The summed E-state index contributed by atoms with van der Waals surface area (Å²) in [5, 5.41) is 9.48. The molecule has 7 heteroatoms. The number of nitrogens with two attached hydrogens (primary N) is 2. The van der Waals surface area contributed by atoms with E-state index in [1.165, 1.54) is 0 Å². The summed E-state index contributed by atoms with van der Waals surface area (Å²) in [4.78, 5) is 27.5. The fourth-order valence-electron chi connectivity index (χ4n) is 7.35.